The van der Waals surface area contributed by atoms with E-state index < -0.39 is 0 Å². The third-order valence-corrected chi connectivity index (χ3v) is 2.70. The number of hydrogen-bond donors (Lipinski definition) is 2. The Morgan fingerprint density at radius 1 is 1.24 bits per heavy atom. The number of rotatable bonds is 7. The molecule has 2 atom stereocenters. The highest BCUT2D eigenvalue weighted by Crippen LogP contribution is 2.17. The van der Waals surface area contributed by atoms with Crippen molar-refractivity contribution in [1.29, 1.82) is 0 Å². The average molecular weight is 237 g/mol. The first-order chi connectivity index (χ1) is 8.13. The molecule has 96 valence electrons. The molecule has 1 aromatic carbocycles. The van der Waals surface area contributed by atoms with Gasteiger partial charge in [-0.15, -0.1) is 0 Å². The average Bonchev–Trinajstić information content (AvgIpc) is 2.30. The predicted octanol–water partition coefficient (Wildman–Crippen LogP) is 2.51. The Bertz CT molecular complexity index is 309. The zero-order valence-corrected chi connectivity index (χ0v) is 10.9. The molecule has 1 rings (SSSR count). The summed E-state index contributed by atoms with van der Waals surface area (Å²) in [7, 11) is 0. The van der Waals surface area contributed by atoms with Gasteiger partial charge < -0.3 is 15.2 Å². The lowest BCUT2D eigenvalue weighted by Crippen LogP contribution is -2.22. The summed E-state index contributed by atoms with van der Waals surface area (Å²) in [5.41, 5.74) is 1.24. The van der Waals surface area contributed by atoms with Gasteiger partial charge in [0.2, 0.25) is 0 Å². The van der Waals surface area contributed by atoms with Crippen LogP contribution in [0.3, 0.4) is 0 Å². The number of aliphatic hydroxyl groups excluding tert-OH is 1. The Kier molecular flexibility index (Phi) is 6.01. The van der Waals surface area contributed by atoms with E-state index in [0.717, 1.165) is 18.7 Å². The van der Waals surface area contributed by atoms with Gasteiger partial charge in [-0.05, 0) is 51.4 Å². The van der Waals surface area contributed by atoms with Crippen molar-refractivity contribution in [1.82, 2.24) is 5.32 Å². The second-order valence-electron chi connectivity index (χ2n) is 4.32. The first-order valence-corrected chi connectivity index (χ1v) is 6.27. The molecule has 0 heterocycles. The first-order valence-electron chi connectivity index (χ1n) is 6.27. The molecule has 0 saturated carbocycles. The van der Waals surface area contributed by atoms with Crippen LogP contribution in [-0.2, 0) is 0 Å². The maximum atomic E-state index is 9.17. The fourth-order valence-electron chi connectivity index (χ4n) is 1.65. The van der Waals surface area contributed by atoms with E-state index in [1.807, 2.05) is 26.0 Å². The molecule has 2 N–H and O–H groups in total. The van der Waals surface area contributed by atoms with E-state index in [9.17, 15) is 5.11 Å². The van der Waals surface area contributed by atoms with E-state index >= 15 is 0 Å². The van der Waals surface area contributed by atoms with Crippen molar-refractivity contribution in [2.75, 3.05) is 13.2 Å². The van der Waals surface area contributed by atoms with Gasteiger partial charge in [-0.25, -0.2) is 0 Å². The molecule has 17 heavy (non-hydrogen) atoms. The number of ether oxygens (including phenoxy) is 1. The van der Waals surface area contributed by atoms with Gasteiger partial charge in [-0.1, -0.05) is 12.1 Å². The van der Waals surface area contributed by atoms with E-state index in [2.05, 4.69) is 24.4 Å². The van der Waals surface area contributed by atoms with E-state index in [1.54, 1.807) is 0 Å². The summed E-state index contributed by atoms with van der Waals surface area (Å²) in [6.07, 6.45) is 0.538. The third kappa shape index (κ3) is 5.20. The van der Waals surface area contributed by atoms with Crippen LogP contribution >= 0.6 is 0 Å². The van der Waals surface area contributed by atoms with E-state index in [0.29, 0.717) is 12.6 Å². The third-order valence-electron chi connectivity index (χ3n) is 2.70. The zero-order valence-electron chi connectivity index (χ0n) is 10.9. The lowest BCUT2D eigenvalue weighted by molar-refractivity contribution is 0.182. The molecule has 2 unspecified atom stereocenters. The molecule has 0 radical (unpaired) electrons. The highest BCUT2D eigenvalue weighted by molar-refractivity contribution is 5.28. The molecule has 0 saturated heterocycles. The molecule has 1 aromatic rings. The molecule has 0 fully saturated rings. The number of aliphatic hydroxyl groups is 1. The minimum absolute atomic E-state index is 0.241. The Hall–Kier alpha value is -1.06. The predicted molar refractivity (Wildman–Crippen MR) is 70.3 cm³/mol. The largest absolute Gasteiger partial charge is 0.494 e. The Labute approximate surface area is 104 Å². The second kappa shape index (κ2) is 7.30. The topological polar surface area (TPSA) is 41.5 Å². The van der Waals surface area contributed by atoms with Crippen LogP contribution in [0, 0.1) is 0 Å². The normalized spacial score (nSPS) is 14.4. The Morgan fingerprint density at radius 2 is 1.88 bits per heavy atom. The highest BCUT2D eigenvalue weighted by atomic mass is 16.5. The lowest BCUT2D eigenvalue weighted by atomic mass is 10.1. The summed E-state index contributed by atoms with van der Waals surface area (Å²) < 4.78 is 5.40. The van der Waals surface area contributed by atoms with Crippen molar-refractivity contribution in [3.63, 3.8) is 0 Å². The summed E-state index contributed by atoms with van der Waals surface area (Å²) in [6.45, 7) is 7.43. The molecule has 0 bridgehead atoms. The fraction of sp³-hybridized carbons (Fsp3) is 0.571. The van der Waals surface area contributed by atoms with Gasteiger partial charge in [0.1, 0.15) is 5.75 Å². The Morgan fingerprint density at radius 3 is 2.41 bits per heavy atom. The SMILES string of the molecule is CCOc1ccc(C(C)NCCC(C)O)cc1. The van der Waals surface area contributed by atoms with Gasteiger partial charge in [0, 0.05) is 6.04 Å². The first kappa shape index (κ1) is 14.0. The fourth-order valence-corrected chi connectivity index (χ4v) is 1.65. The minimum atomic E-state index is -0.241. The van der Waals surface area contributed by atoms with Gasteiger partial charge in [-0.3, -0.25) is 0 Å². The molecule has 0 aromatic heterocycles. The number of nitrogens with one attached hydrogen (secondary N) is 1. The Balaban J connectivity index is 2.43. The van der Waals surface area contributed by atoms with Crippen LogP contribution in [0.25, 0.3) is 0 Å². The summed E-state index contributed by atoms with van der Waals surface area (Å²) in [5, 5.41) is 12.6. The van der Waals surface area contributed by atoms with Crippen LogP contribution in [0.15, 0.2) is 24.3 Å². The van der Waals surface area contributed by atoms with Crippen molar-refractivity contribution in [3.05, 3.63) is 29.8 Å². The van der Waals surface area contributed by atoms with Crippen molar-refractivity contribution in [2.24, 2.45) is 0 Å². The molecular formula is C14H23NO2. The van der Waals surface area contributed by atoms with Crippen LogP contribution in [0.5, 0.6) is 5.75 Å². The van der Waals surface area contributed by atoms with Crippen molar-refractivity contribution >= 4 is 0 Å². The maximum Gasteiger partial charge on any atom is 0.119 e. The minimum Gasteiger partial charge on any atom is -0.494 e. The summed E-state index contributed by atoms with van der Waals surface area (Å²) in [4.78, 5) is 0. The molecule has 3 heteroatoms. The standard InChI is InChI=1S/C14H23NO2/c1-4-17-14-7-5-13(6-8-14)12(3)15-10-9-11(2)16/h5-8,11-12,15-16H,4,9-10H2,1-3H3. The number of hydrogen-bond acceptors (Lipinski definition) is 3. The van der Waals surface area contributed by atoms with Crippen LogP contribution < -0.4 is 10.1 Å². The molecule has 0 spiro atoms. The monoisotopic (exact) mass is 237 g/mol. The van der Waals surface area contributed by atoms with Crippen LogP contribution in [0.2, 0.25) is 0 Å². The van der Waals surface area contributed by atoms with E-state index in [4.69, 9.17) is 4.74 Å². The molecule has 0 aliphatic rings. The second-order valence-corrected chi connectivity index (χ2v) is 4.32. The van der Waals surface area contributed by atoms with E-state index in [-0.39, 0.29) is 6.10 Å². The van der Waals surface area contributed by atoms with Gasteiger partial charge in [0.15, 0.2) is 0 Å². The van der Waals surface area contributed by atoms with Crippen molar-refractivity contribution < 1.29 is 9.84 Å². The number of benzene rings is 1. The van der Waals surface area contributed by atoms with Gasteiger partial charge in [0.25, 0.3) is 0 Å². The van der Waals surface area contributed by atoms with Gasteiger partial charge in [-0.2, -0.15) is 0 Å². The molecule has 0 amide bonds. The molecular weight excluding hydrogens is 214 g/mol. The maximum absolute atomic E-state index is 9.17. The summed E-state index contributed by atoms with van der Waals surface area (Å²) in [5.74, 6) is 0.910. The molecule has 3 nitrogen and oxygen atoms in total. The lowest BCUT2D eigenvalue weighted by Gasteiger charge is -2.15. The van der Waals surface area contributed by atoms with Crippen molar-refractivity contribution in [3.8, 4) is 5.75 Å². The van der Waals surface area contributed by atoms with Gasteiger partial charge in [0.05, 0.1) is 12.7 Å². The van der Waals surface area contributed by atoms with E-state index in [1.165, 1.54) is 5.56 Å². The highest BCUT2D eigenvalue weighted by Gasteiger charge is 2.05. The zero-order chi connectivity index (χ0) is 12.7. The smallest absolute Gasteiger partial charge is 0.119 e. The van der Waals surface area contributed by atoms with Crippen LogP contribution in [0.4, 0.5) is 0 Å². The quantitative estimate of drug-likeness (QED) is 0.765. The van der Waals surface area contributed by atoms with Gasteiger partial charge >= 0.3 is 0 Å². The summed E-state index contributed by atoms with van der Waals surface area (Å²) >= 11 is 0. The molecule has 0 aliphatic carbocycles. The van der Waals surface area contributed by atoms with Crippen LogP contribution in [0.1, 0.15) is 38.8 Å². The molecule has 0 aliphatic heterocycles. The van der Waals surface area contributed by atoms with Crippen LogP contribution in [-0.4, -0.2) is 24.4 Å². The summed E-state index contributed by atoms with van der Waals surface area (Å²) in [6, 6.07) is 8.43. The van der Waals surface area contributed by atoms with Crippen molar-refractivity contribution in [2.45, 2.75) is 39.3 Å².